The Morgan fingerprint density at radius 2 is 2.00 bits per heavy atom. The van der Waals surface area contributed by atoms with Crippen LogP contribution >= 0.6 is 0 Å². The van der Waals surface area contributed by atoms with Gasteiger partial charge in [-0.15, -0.1) is 0 Å². The lowest BCUT2D eigenvalue weighted by Crippen LogP contribution is -1.84. The van der Waals surface area contributed by atoms with Gasteiger partial charge in [0.05, 0.1) is 0 Å². The highest BCUT2D eigenvalue weighted by atomic mass is 19.1. The Balaban J connectivity index is 2.43. The van der Waals surface area contributed by atoms with Crippen LogP contribution in [-0.4, -0.2) is 0 Å². The van der Waals surface area contributed by atoms with Crippen LogP contribution in [0.15, 0.2) is 48.0 Å². The van der Waals surface area contributed by atoms with Crippen molar-refractivity contribution in [2.24, 2.45) is 5.92 Å². The predicted molar refractivity (Wildman–Crippen MR) is 62.3 cm³/mol. The lowest BCUT2D eigenvalue weighted by Gasteiger charge is -1.96. The summed E-state index contributed by atoms with van der Waals surface area (Å²) < 4.78 is 13.0. The molecule has 0 spiro atoms. The molecule has 0 aliphatic heterocycles. The summed E-state index contributed by atoms with van der Waals surface area (Å²) in [6.07, 6.45) is 3.56. The summed E-state index contributed by atoms with van der Waals surface area (Å²) in [6, 6.07) is 10.2. The molecule has 0 aromatic heterocycles. The third-order valence-electron chi connectivity index (χ3n) is 2.17. The van der Waals surface area contributed by atoms with Gasteiger partial charge in [-0.25, -0.2) is 4.39 Å². The van der Waals surface area contributed by atoms with Crippen LogP contribution < -0.4 is 0 Å². The zero-order valence-corrected chi connectivity index (χ0v) is 9.33. The van der Waals surface area contributed by atoms with Gasteiger partial charge >= 0.3 is 0 Å². The smallest absolute Gasteiger partial charge is 0.144 e. The topological polar surface area (TPSA) is 0 Å². The van der Waals surface area contributed by atoms with E-state index in [-0.39, 0.29) is 11.7 Å². The summed E-state index contributed by atoms with van der Waals surface area (Å²) >= 11 is 0. The minimum atomic E-state index is -0.164. The molecular weight excluding hydrogens is 187 g/mol. The molecule has 0 radical (unpaired) electrons. The Labute approximate surface area is 91.1 Å². The second-order valence-corrected chi connectivity index (χ2v) is 3.88. The van der Waals surface area contributed by atoms with Crippen molar-refractivity contribution in [2.45, 2.75) is 26.7 Å². The molecule has 0 aliphatic carbocycles. The van der Waals surface area contributed by atoms with Gasteiger partial charge in [0.2, 0.25) is 0 Å². The third-order valence-corrected chi connectivity index (χ3v) is 2.17. The fourth-order valence-electron chi connectivity index (χ4n) is 1.22. The van der Waals surface area contributed by atoms with Gasteiger partial charge in [-0.2, -0.15) is 0 Å². The maximum absolute atomic E-state index is 13.0. The van der Waals surface area contributed by atoms with E-state index in [0.717, 1.165) is 12.8 Å². The van der Waals surface area contributed by atoms with E-state index >= 15 is 0 Å². The van der Waals surface area contributed by atoms with Gasteiger partial charge < -0.3 is 0 Å². The van der Waals surface area contributed by atoms with Crippen LogP contribution in [0.3, 0.4) is 0 Å². The molecular formula is C14H17F. The monoisotopic (exact) mass is 204 g/mol. The zero-order chi connectivity index (χ0) is 11.1. The Bertz CT molecular complexity index is 343. The van der Waals surface area contributed by atoms with Crippen LogP contribution in [0.2, 0.25) is 0 Å². The quantitative estimate of drug-likeness (QED) is 0.642. The van der Waals surface area contributed by atoms with Crippen molar-refractivity contribution in [2.75, 3.05) is 0 Å². The van der Waals surface area contributed by atoms with Crippen molar-refractivity contribution in [3.05, 3.63) is 53.5 Å². The molecule has 0 saturated heterocycles. The highest BCUT2D eigenvalue weighted by molar-refractivity contribution is 5.15. The Hall–Kier alpha value is -1.33. The van der Waals surface area contributed by atoms with Crippen molar-refractivity contribution >= 4 is 0 Å². The molecule has 1 aromatic carbocycles. The second-order valence-electron chi connectivity index (χ2n) is 3.88. The van der Waals surface area contributed by atoms with Gasteiger partial charge in [-0.3, -0.25) is 0 Å². The minimum absolute atomic E-state index is 0.0574. The molecule has 1 heteroatoms. The summed E-state index contributed by atoms with van der Waals surface area (Å²) in [5.41, 5.74) is 3.96. The van der Waals surface area contributed by atoms with Gasteiger partial charge in [0.25, 0.3) is 0 Å². The Kier molecular flexibility index (Phi) is 4.86. The summed E-state index contributed by atoms with van der Waals surface area (Å²) in [4.78, 5) is 0. The molecule has 0 heterocycles. The Morgan fingerprint density at radius 3 is 2.60 bits per heavy atom. The van der Waals surface area contributed by atoms with Gasteiger partial charge in [0.15, 0.2) is 0 Å². The van der Waals surface area contributed by atoms with Crippen molar-refractivity contribution in [1.82, 2.24) is 0 Å². The number of benzene rings is 1. The van der Waals surface area contributed by atoms with E-state index in [1.807, 2.05) is 32.0 Å². The van der Waals surface area contributed by atoms with Crippen molar-refractivity contribution in [3.63, 3.8) is 0 Å². The normalized spacial score (nSPS) is 9.87. The number of hydrogen-bond acceptors (Lipinski definition) is 0. The number of rotatable bonds is 4. The molecule has 0 nitrogen and oxygen atoms in total. The molecule has 0 fully saturated rings. The fourth-order valence-corrected chi connectivity index (χ4v) is 1.22. The third kappa shape index (κ3) is 4.62. The van der Waals surface area contributed by atoms with Crippen molar-refractivity contribution in [3.8, 4) is 0 Å². The van der Waals surface area contributed by atoms with Crippen LogP contribution in [0.5, 0.6) is 0 Å². The lowest BCUT2D eigenvalue weighted by atomic mass is 10.1. The standard InChI is InChI=1S/C14H17F/c1-12(2)14(15)11-7-6-10-13-8-4-3-5-9-13/h3-5,7-9,12H,6,10H2,1-2H3. The molecule has 0 bridgehead atoms. The first kappa shape index (κ1) is 11.7. The highest BCUT2D eigenvalue weighted by Gasteiger charge is 1.97. The molecule has 0 amide bonds. The van der Waals surface area contributed by atoms with Crippen LogP contribution in [0.25, 0.3) is 0 Å². The molecule has 15 heavy (non-hydrogen) atoms. The first-order valence-electron chi connectivity index (χ1n) is 5.34. The number of hydrogen-bond donors (Lipinski definition) is 0. The summed E-state index contributed by atoms with van der Waals surface area (Å²) in [6.45, 7) is 3.65. The summed E-state index contributed by atoms with van der Waals surface area (Å²) in [5.74, 6) is -0.221. The van der Waals surface area contributed by atoms with Crippen LogP contribution in [0, 0.1) is 5.92 Å². The Morgan fingerprint density at radius 1 is 1.33 bits per heavy atom. The van der Waals surface area contributed by atoms with E-state index in [1.165, 1.54) is 5.56 Å². The van der Waals surface area contributed by atoms with Gasteiger partial charge in [0.1, 0.15) is 5.83 Å². The maximum atomic E-state index is 13.0. The minimum Gasteiger partial charge on any atom is -0.202 e. The summed E-state index contributed by atoms with van der Waals surface area (Å²) in [7, 11) is 0. The van der Waals surface area contributed by atoms with E-state index in [4.69, 9.17) is 0 Å². The predicted octanol–water partition coefficient (Wildman–Crippen LogP) is 4.28. The van der Waals surface area contributed by atoms with Crippen LogP contribution in [-0.2, 0) is 6.42 Å². The first-order valence-corrected chi connectivity index (χ1v) is 5.34. The second kappa shape index (κ2) is 6.21. The largest absolute Gasteiger partial charge is 0.202 e. The van der Waals surface area contributed by atoms with E-state index in [9.17, 15) is 4.39 Å². The molecule has 0 atom stereocenters. The number of halogens is 1. The van der Waals surface area contributed by atoms with E-state index < -0.39 is 0 Å². The van der Waals surface area contributed by atoms with Crippen LogP contribution in [0.4, 0.5) is 4.39 Å². The number of allylic oxidation sites excluding steroid dienone is 1. The van der Waals surface area contributed by atoms with Gasteiger partial charge in [-0.1, -0.05) is 49.9 Å². The summed E-state index contributed by atoms with van der Waals surface area (Å²) in [5, 5.41) is 0. The van der Waals surface area contributed by atoms with Crippen molar-refractivity contribution < 1.29 is 4.39 Å². The molecule has 1 rings (SSSR count). The van der Waals surface area contributed by atoms with Gasteiger partial charge in [0, 0.05) is 5.92 Å². The molecule has 0 aliphatic rings. The zero-order valence-electron chi connectivity index (χ0n) is 9.33. The van der Waals surface area contributed by atoms with E-state index in [1.54, 1.807) is 6.08 Å². The average Bonchev–Trinajstić information content (AvgIpc) is 2.25. The molecule has 1 aromatic rings. The van der Waals surface area contributed by atoms with E-state index in [2.05, 4.69) is 17.9 Å². The molecule has 80 valence electrons. The SMILES string of the molecule is CC(C)C(F)=C=CCCc1ccccc1. The number of aryl methyl sites for hydroxylation is 1. The van der Waals surface area contributed by atoms with Crippen molar-refractivity contribution in [1.29, 1.82) is 0 Å². The lowest BCUT2D eigenvalue weighted by molar-refractivity contribution is 0.522. The fraction of sp³-hybridized carbons (Fsp3) is 0.357. The van der Waals surface area contributed by atoms with E-state index in [0.29, 0.717) is 0 Å². The first-order chi connectivity index (χ1) is 7.20. The highest BCUT2D eigenvalue weighted by Crippen LogP contribution is 2.09. The van der Waals surface area contributed by atoms with Gasteiger partial charge in [-0.05, 0) is 24.5 Å². The molecule has 0 unspecified atom stereocenters. The maximum Gasteiger partial charge on any atom is 0.144 e. The average molecular weight is 204 g/mol. The molecule has 0 saturated carbocycles. The molecule has 0 N–H and O–H groups in total. The van der Waals surface area contributed by atoms with Crippen LogP contribution in [0.1, 0.15) is 25.8 Å².